The molecule has 0 unspecified atom stereocenters. The van der Waals surface area contributed by atoms with Crippen LogP contribution >= 0.6 is 11.6 Å². The van der Waals surface area contributed by atoms with Crippen LogP contribution in [-0.4, -0.2) is 0 Å². The smallest absolute Gasteiger partial charge is 0.142 e. The van der Waals surface area contributed by atoms with E-state index in [0.29, 0.717) is 0 Å². The lowest BCUT2D eigenvalue weighted by atomic mass is 9.77. The van der Waals surface area contributed by atoms with Crippen molar-refractivity contribution in [3.05, 3.63) is 34.6 Å². The van der Waals surface area contributed by atoms with Crippen molar-refractivity contribution in [3.63, 3.8) is 0 Å². The van der Waals surface area contributed by atoms with E-state index in [0.717, 1.165) is 23.8 Å². The van der Waals surface area contributed by atoms with Gasteiger partial charge in [0, 0.05) is 0 Å². The van der Waals surface area contributed by atoms with Gasteiger partial charge in [0.25, 0.3) is 0 Å². The van der Waals surface area contributed by atoms with Gasteiger partial charge in [-0.2, -0.15) is 0 Å². The van der Waals surface area contributed by atoms with Gasteiger partial charge in [-0.3, -0.25) is 0 Å². The van der Waals surface area contributed by atoms with Gasteiger partial charge in [-0.15, -0.1) is 0 Å². The first-order valence-corrected chi connectivity index (χ1v) is 10.5. The Morgan fingerprint density at radius 1 is 0.917 bits per heavy atom. The van der Waals surface area contributed by atoms with Gasteiger partial charge in [0.05, 0.1) is 5.02 Å². The second-order valence-electron chi connectivity index (χ2n) is 7.73. The SMILES string of the molecule is CCCCCCCC[C@H]1CC[C@H](CCc2ccc(Cl)c(F)c2)CC1. The first-order valence-electron chi connectivity index (χ1n) is 10.1. The summed E-state index contributed by atoms with van der Waals surface area (Å²) in [5.41, 5.74) is 1.09. The topological polar surface area (TPSA) is 0 Å². The van der Waals surface area contributed by atoms with E-state index < -0.39 is 0 Å². The summed E-state index contributed by atoms with van der Waals surface area (Å²) in [6.45, 7) is 2.28. The van der Waals surface area contributed by atoms with Gasteiger partial charge in [-0.05, 0) is 42.4 Å². The maximum atomic E-state index is 13.5. The Balaban J connectivity index is 1.56. The van der Waals surface area contributed by atoms with Crippen molar-refractivity contribution in [1.82, 2.24) is 0 Å². The number of halogens is 2. The first kappa shape index (κ1) is 19.8. The summed E-state index contributed by atoms with van der Waals surface area (Å²) in [7, 11) is 0. The third-order valence-corrected chi connectivity index (χ3v) is 6.06. The third-order valence-electron chi connectivity index (χ3n) is 5.76. The van der Waals surface area contributed by atoms with Crippen LogP contribution in [0.15, 0.2) is 18.2 Å². The summed E-state index contributed by atoms with van der Waals surface area (Å²) in [6.07, 6.45) is 17.7. The van der Waals surface area contributed by atoms with E-state index in [1.807, 2.05) is 6.07 Å². The normalized spacial score (nSPS) is 21.1. The van der Waals surface area contributed by atoms with Crippen molar-refractivity contribution >= 4 is 11.6 Å². The molecule has 0 amide bonds. The molecule has 0 spiro atoms. The number of rotatable bonds is 10. The molecule has 1 saturated carbocycles. The van der Waals surface area contributed by atoms with Crippen LogP contribution in [0.25, 0.3) is 0 Å². The predicted molar refractivity (Wildman–Crippen MR) is 103 cm³/mol. The molecule has 0 bridgehead atoms. The molecule has 1 aliphatic carbocycles. The van der Waals surface area contributed by atoms with Crippen LogP contribution in [0.3, 0.4) is 0 Å². The average molecular weight is 353 g/mol. The van der Waals surface area contributed by atoms with Crippen molar-refractivity contribution in [3.8, 4) is 0 Å². The second kappa shape index (κ2) is 11.1. The van der Waals surface area contributed by atoms with Gasteiger partial charge in [0.15, 0.2) is 0 Å². The molecule has 0 heterocycles. The summed E-state index contributed by atoms with van der Waals surface area (Å²) in [4.78, 5) is 0. The van der Waals surface area contributed by atoms with Crippen LogP contribution in [0.1, 0.15) is 89.5 Å². The molecule has 0 aromatic heterocycles. The van der Waals surface area contributed by atoms with Gasteiger partial charge in [-0.25, -0.2) is 4.39 Å². The highest BCUT2D eigenvalue weighted by molar-refractivity contribution is 6.30. The number of hydrogen-bond donors (Lipinski definition) is 0. The minimum absolute atomic E-state index is 0.231. The van der Waals surface area contributed by atoms with E-state index >= 15 is 0 Å². The fourth-order valence-electron chi connectivity index (χ4n) is 4.09. The van der Waals surface area contributed by atoms with Gasteiger partial charge in [0.2, 0.25) is 0 Å². The molecule has 2 rings (SSSR count). The molecule has 0 nitrogen and oxygen atoms in total. The molecule has 1 fully saturated rings. The van der Waals surface area contributed by atoms with Crippen molar-refractivity contribution in [2.24, 2.45) is 11.8 Å². The van der Waals surface area contributed by atoms with Gasteiger partial charge in [-0.1, -0.05) is 95.2 Å². The van der Waals surface area contributed by atoms with Crippen molar-refractivity contribution < 1.29 is 4.39 Å². The minimum Gasteiger partial charge on any atom is -0.205 e. The van der Waals surface area contributed by atoms with Crippen LogP contribution in [0.4, 0.5) is 4.39 Å². The van der Waals surface area contributed by atoms with E-state index in [1.165, 1.54) is 77.0 Å². The number of hydrogen-bond acceptors (Lipinski definition) is 0. The first-order chi connectivity index (χ1) is 11.7. The number of benzene rings is 1. The zero-order valence-corrected chi connectivity index (χ0v) is 16.1. The van der Waals surface area contributed by atoms with Gasteiger partial charge < -0.3 is 0 Å². The summed E-state index contributed by atoms with van der Waals surface area (Å²) in [5.74, 6) is 1.53. The summed E-state index contributed by atoms with van der Waals surface area (Å²) in [5, 5.41) is 0.231. The Labute approximate surface area is 153 Å². The van der Waals surface area contributed by atoms with Crippen LogP contribution < -0.4 is 0 Å². The lowest BCUT2D eigenvalue weighted by Gasteiger charge is -2.28. The highest BCUT2D eigenvalue weighted by atomic mass is 35.5. The van der Waals surface area contributed by atoms with Crippen LogP contribution in [0.2, 0.25) is 5.02 Å². The highest BCUT2D eigenvalue weighted by Gasteiger charge is 2.20. The maximum absolute atomic E-state index is 13.5. The second-order valence-corrected chi connectivity index (χ2v) is 8.14. The quantitative estimate of drug-likeness (QED) is 0.374. The predicted octanol–water partition coefficient (Wildman–Crippen LogP) is 7.97. The summed E-state index contributed by atoms with van der Waals surface area (Å²) in [6, 6.07) is 5.26. The molecule has 2 heteroatoms. The third kappa shape index (κ3) is 7.13. The van der Waals surface area contributed by atoms with Crippen molar-refractivity contribution in [1.29, 1.82) is 0 Å². The molecular weight excluding hydrogens is 319 g/mol. The van der Waals surface area contributed by atoms with E-state index in [2.05, 4.69) is 6.92 Å². The zero-order valence-electron chi connectivity index (χ0n) is 15.3. The highest BCUT2D eigenvalue weighted by Crippen LogP contribution is 2.34. The summed E-state index contributed by atoms with van der Waals surface area (Å²) >= 11 is 5.75. The van der Waals surface area contributed by atoms with Gasteiger partial charge in [0.1, 0.15) is 5.82 Å². The molecule has 0 aliphatic heterocycles. The van der Waals surface area contributed by atoms with E-state index in [9.17, 15) is 4.39 Å². The molecule has 1 aromatic rings. The molecule has 136 valence electrons. The van der Waals surface area contributed by atoms with Crippen LogP contribution in [-0.2, 0) is 6.42 Å². The van der Waals surface area contributed by atoms with Crippen LogP contribution in [0.5, 0.6) is 0 Å². The van der Waals surface area contributed by atoms with Crippen molar-refractivity contribution in [2.75, 3.05) is 0 Å². The fraction of sp³-hybridized carbons (Fsp3) is 0.727. The zero-order chi connectivity index (χ0) is 17.2. The Bertz CT molecular complexity index is 463. The molecule has 0 atom stereocenters. The average Bonchev–Trinajstić information content (AvgIpc) is 2.60. The van der Waals surface area contributed by atoms with Gasteiger partial charge >= 0.3 is 0 Å². The molecular formula is C22H34ClF. The summed E-state index contributed by atoms with van der Waals surface area (Å²) < 4.78 is 13.5. The Hall–Kier alpha value is -0.560. The largest absolute Gasteiger partial charge is 0.205 e. The monoisotopic (exact) mass is 352 g/mol. The maximum Gasteiger partial charge on any atom is 0.142 e. The van der Waals surface area contributed by atoms with E-state index in [1.54, 1.807) is 12.1 Å². The van der Waals surface area contributed by atoms with Crippen molar-refractivity contribution in [2.45, 2.75) is 90.4 Å². The lowest BCUT2D eigenvalue weighted by Crippen LogP contribution is -2.15. The molecule has 0 N–H and O–H groups in total. The molecule has 1 aromatic carbocycles. The molecule has 1 aliphatic rings. The fourth-order valence-corrected chi connectivity index (χ4v) is 4.21. The number of unbranched alkanes of at least 4 members (excludes halogenated alkanes) is 5. The Morgan fingerprint density at radius 2 is 1.54 bits per heavy atom. The lowest BCUT2D eigenvalue weighted by molar-refractivity contribution is 0.248. The Morgan fingerprint density at radius 3 is 2.21 bits per heavy atom. The standard InChI is InChI=1S/C22H34ClF/c1-2-3-4-5-6-7-8-18-9-11-19(12-10-18)13-14-20-15-16-21(23)22(24)17-20/h15-19H,2-14H2,1H3/t18-,19-. The number of aryl methyl sites for hydroxylation is 1. The Kier molecular flexibility index (Phi) is 9.17. The molecule has 24 heavy (non-hydrogen) atoms. The molecule has 0 saturated heterocycles. The van der Waals surface area contributed by atoms with Crippen LogP contribution in [0, 0.1) is 17.7 Å². The van der Waals surface area contributed by atoms with E-state index in [4.69, 9.17) is 11.6 Å². The van der Waals surface area contributed by atoms with E-state index in [-0.39, 0.29) is 10.8 Å². The minimum atomic E-state index is -0.281. The molecule has 0 radical (unpaired) electrons.